The first-order valence-electron chi connectivity index (χ1n) is 5.48. The first-order chi connectivity index (χ1) is 8.54. The fourth-order valence-corrected chi connectivity index (χ4v) is 1.95. The van der Waals surface area contributed by atoms with Crippen molar-refractivity contribution in [3.05, 3.63) is 46.4 Å². The molecule has 0 aliphatic rings. The van der Waals surface area contributed by atoms with Gasteiger partial charge in [0.05, 0.1) is 22.3 Å². The maximum atomic E-state index is 6.01. The molecule has 0 spiro atoms. The van der Waals surface area contributed by atoms with Crippen LogP contribution in [-0.4, -0.2) is 16.4 Å². The molecule has 0 amide bonds. The molecule has 2 rings (SSSR count). The Labute approximate surface area is 116 Å². The van der Waals surface area contributed by atoms with Gasteiger partial charge in [-0.3, -0.25) is 0 Å². The third-order valence-corrected chi connectivity index (χ3v) is 3.50. The lowest BCUT2D eigenvalue weighted by atomic mass is 10.2. The van der Waals surface area contributed by atoms with Gasteiger partial charge in [-0.15, -0.1) is 5.10 Å². The second-order valence-corrected chi connectivity index (χ2v) is 4.69. The Morgan fingerprint density at radius 1 is 1.28 bits per heavy atom. The molecule has 0 unspecified atom stereocenters. The van der Waals surface area contributed by atoms with Crippen molar-refractivity contribution in [3.8, 4) is 11.6 Å². The highest BCUT2D eigenvalue weighted by Crippen LogP contribution is 2.27. The molecule has 2 aromatic rings. The first-order valence-corrected chi connectivity index (χ1v) is 6.24. The number of rotatable bonds is 3. The van der Waals surface area contributed by atoms with E-state index in [2.05, 4.69) is 12.0 Å². The lowest BCUT2D eigenvalue weighted by Crippen LogP contribution is -1.99. The first kappa shape index (κ1) is 13.2. The van der Waals surface area contributed by atoms with Crippen molar-refractivity contribution in [1.29, 1.82) is 0 Å². The van der Waals surface area contributed by atoms with Crippen LogP contribution >= 0.6 is 23.2 Å². The van der Waals surface area contributed by atoms with E-state index in [9.17, 15) is 0 Å². The van der Waals surface area contributed by atoms with Crippen molar-refractivity contribution in [2.45, 2.75) is 13.8 Å². The molecule has 95 valence electrons. The van der Waals surface area contributed by atoms with Crippen LogP contribution in [-0.2, 0) is 0 Å². The molecular formula is C13H13Cl2N2O. The second kappa shape index (κ2) is 5.21. The zero-order valence-corrected chi connectivity index (χ0v) is 11.7. The summed E-state index contributed by atoms with van der Waals surface area (Å²) in [6.45, 7) is 7.93. The standard InChI is InChI=1S/C13H13Cl2N2O/c1-4-18-13-8(2)9(3)17(16-13)10-5-6-11(14)12(15)7-10/h5-7H,1,4H2,2-3H3. The largest absolute Gasteiger partial charge is 0.476 e. The summed E-state index contributed by atoms with van der Waals surface area (Å²) in [5.41, 5.74) is 2.84. The number of nitrogens with zero attached hydrogens (tertiary/aromatic N) is 2. The van der Waals surface area contributed by atoms with E-state index < -0.39 is 0 Å². The molecule has 0 saturated heterocycles. The third kappa shape index (κ3) is 2.33. The molecule has 0 saturated carbocycles. The van der Waals surface area contributed by atoms with Crippen LogP contribution in [0.4, 0.5) is 0 Å². The molecule has 1 aromatic heterocycles. The van der Waals surface area contributed by atoms with Crippen molar-refractivity contribution in [2.24, 2.45) is 0 Å². The van der Waals surface area contributed by atoms with Crippen molar-refractivity contribution in [2.75, 3.05) is 6.61 Å². The van der Waals surface area contributed by atoms with Crippen LogP contribution in [0.15, 0.2) is 18.2 Å². The van der Waals surface area contributed by atoms with E-state index >= 15 is 0 Å². The van der Waals surface area contributed by atoms with Gasteiger partial charge >= 0.3 is 0 Å². The van der Waals surface area contributed by atoms with Crippen LogP contribution in [0.5, 0.6) is 5.88 Å². The third-order valence-electron chi connectivity index (χ3n) is 2.76. The van der Waals surface area contributed by atoms with E-state index in [4.69, 9.17) is 27.9 Å². The molecule has 3 nitrogen and oxygen atoms in total. The zero-order chi connectivity index (χ0) is 13.3. The highest BCUT2D eigenvalue weighted by molar-refractivity contribution is 6.42. The van der Waals surface area contributed by atoms with Crippen LogP contribution in [0.3, 0.4) is 0 Å². The van der Waals surface area contributed by atoms with Gasteiger partial charge in [0.1, 0.15) is 0 Å². The van der Waals surface area contributed by atoms with Gasteiger partial charge in [0.25, 0.3) is 0 Å². The Hall–Kier alpha value is -1.19. The van der Waals surface area contributed by atoms with Crippen molar-refractivity contribution >= 4 is 23.2 Å². The van der Waals surface area contributed by atoms with Crippen LogP contribution in [0, 0.1) is 20.8 Å². The predicted molar refractivity (Wildman–Crippen MR) is 73.9 cm³/mol. The summed E-state index contributed by atoms with van der Waals surface area (Å²) in [6, 6.07) is 5.39. The molecule has 0 aliphatic heterocycles. The Morgan fingerprint density at radius 2 is 2.00 bits per heavy atom. The fourth-order valence-electron chi connectivity index (χ4n) is 1.66. The summed E-state index contributed by atoms with van der Waals surface area (Å²) in [7, 11) is 0. The molecule has 0 atom stereocenters. The van der Waals surface area contributed by atoms with Crippen LogP contribution in [0.1, 0.15) is 11.3 Å². The summed E-state index contributed by atoms with van der Waals surface area (Å²) in [4.78, 5) is 0. The Bertz CT molecular complexity index is 579. The van der Waals surface area contributed by atoms with Gasteiger partial charge in [-0.2, -0.15) is 0 Å². The SMILES string of the molecule is [CH2]COc1nn(-c2ccc(Cl)c(Cl)c2)c(C)c1C. The maximum absolute atomic E-state index is 6.01. The number of aromatic nitrogens is 2. The van der Waals surface area contributed by atoms with Gasteiger partial charge in [-0.25, -0.2) is 4.68 Å². The summed E-state index contributed by atoms with van der Waals surface area (Å²) in [5.74, 6) is 0.591. The van der Waals surface area contributed by atoms with E-state index in [1.165, 1.54) is 0 Å². The van der Waals surface area contributed by atoms with Gasteiger partial charge in [0.2, 0.25) is 5.88 Å². The van der Waals surface area contributed by atoms with Gasteiger partial charge in [-0.1, -0.05) is 23.2 Å². The molecule has 18 heavy (non-hydrogen) atoms. The fraction of sp³-hybridized carbons (Fsp3) is 0.231. The highest BCUT2D eigenvalue weighted by Gasteiger charge is 2.13. The normalized spacial score (nSPS) is 10.7. The molecule has 5 heteroatoms. The second-order valence-electron chi connectivity index (χ2n) is 3.87. The minimum Gasteiger partial charge on any atom is -0.476 e. The van der Waals surface area contributed by atoms with Gasteiger partial charge < -0.3 is 4.74 Å². The van der Waals surface area contributed by atoms with Crippen molar-refractivity contribution in [1.82, 2.24) is 9.78 Å². The zero-order valence-electron chi connectivity index (χ0n) is 10.2. The van der Waals surface area contributed by atoms with E-state index in [-0.39, 0.29) is 0 Å². The lowest BCUT2D eigenvalue weighted by Gasteiger charge is -2.05. The Morgan fingerprint density at radius 3 is 2.61 bits per heavy atom. The van der Waals surface area contributed by atoms with E-state index in [1.54, 1.807) is 16.8 Å². The summed E-state index contributed by atoms with van der Waals surface area (Å²) >= 11 is 11.9. The molecule has 0 N–H and O–H groups in total. The topological polar surface area (TPSA) is 27.1 Å². The molecule has 0 fully saturated rings. The smallest absolute Gasteiger partial charge is 0.236 e. The van der Waals surface area contributed by atoms with E-state index in [0.717, 1.165) is 16.9 Å². The van der Waals surface area contributed by atoms with Crippen molar-refractivity contribution in [3.63, 3.8) is 0 Å². The van der Waals surface area contributed by atoms with Crippen LogP contribution in [0.2, 0.25) is 10.0 Å². The lowest BCUT2D eigenvalue weighted by molar-refractivity contribution is 0.342. The molecule has 1 radical (unpaired) electrons. The molecule has 0 aliphatic carbocycles. The monoisotopic (exact) mass is 283 g/mol. The average molecular weight is 284 g/mol. The van der Waals surface area contributed by atoms with Gasteiger partial charge in [0, 0.05) is 11.3 Å². The maximum Gasteiger partial charge on any atom is 0.236 e. The van der Waals surface area contributed by atoms with Crippen LogP contribution in [0.25, 0.3) is 5.69 Å². The number of ether oxygens (including phenoxy) is 1. The minimum atomic E-state index is 0.346. The van der Waals surface area contributed by atoms with E-state index in [0.29, 0.717) is 22.5 Å². The molecular weight excluding hydrogens is 271 g/mol. The Balaban J connectivity index is 2.50. The van der Waals surface area contributed by atoms with Crippen molar-refractivity contribution < 1.29 is 4.74 Å². The molecule has 1 heterocycles. The summed E-state index contributed by atoms with van der Waals surface area (Å²) < 4.78 is 7.15. The van der Waals surface area contributed by atoms with E-state index in [1.807, 2.05) is 19.9 Å². The molecule has 1 aromatic carbocycles. The number of hydrogen-bond acceptors (Lipinski definition) is 2. The molecule has 0 bridgehead atoms. The summed E-state index contributed by atoms with van der Waals surface area (Å²) in [5, 5.41) is 5.42. The number of halogens is 2. The number of benzene rings is 1. The number of hydrogen-bond donors (Lipinski definition) is 0. The van der Waals surface area contributed by atoms with Gasteiger partial charge in [0.15, 0.2) is 0 Å². The van der Waals surface area contributed by atoms with Gasteiger partial charge in [-0.05, 0) is 39.0 Å². The quantitative estimate of drug-likeness (QED) is 0.851. The predicted octanol–water partition coefficient (Wildman–Crippen LogP) is 4.01. The summed E-state index contributed by atoms with van der Waals surface area (Å²) in [6.07, 6.45) is 0. The highest BCUT2D eigenvalue weighted by atomic mass is 35.5. The Kier molecular flexibility index (Phi) is 3.83. The van der Waals surface area contributed by atoms with Crippen LogP contribution < -0.4 is 4.74 Å². The average Bonchev–Trinajstić information content (AvgIpc) is 2.62. The minimum absolute atomic E-state index is 0.346.